The van der Waals surface area contributed by atoms with E-state index in [1.165, 1.54) is 31.3 Å². The van der Waals surface area contributed by atoms with E-state index in [2.05, 4.69) is 4.72 Å². The molecule has 1 aromatic carbocycles. The van der Waals surface area contributed by atoms with Crippen LogP contribution in [0.1, 0.15) is 17.3 Å². The second kappa shape index (κ2) is 5.90. The summed E-state index contributed by atoms with van der Waals surface area (Å²) in [4.78, 5) is 14.2. The Hall–Kier alpha value is -1.44. The van der Waals surface area contributed by atoms with E-state index in [0.29, 0.717) is 25.3 Å². The number of ether oxygens (including phenoxy) is 1. The molecule has 1 amide bonds. The third kappa shape index (κ3) is 3.00. The van der Waals surface area contributed by atoms with Crippen LogP contribution in [0.5, 0.6) is 0 Å². The van der Waals surface area contributed by atoms with Crippen LogP contribution in [0.4, 0.5) is 0 Å². The van der Waals surface area contributed by atoms with Crippen molar-refractivity contribution in [3.05, 3.63) is 29.8 Å². The Morgan fingerprint density at radius 3 is 2.55 bits per heavy atom. The zero-order chi connectivity index (χ0) is 14.8. The van der Waals surface area contributed by atoms with Crippen molar-refractivity contribution in [1.29, 1.82) is 0 Å². The molecular weight excluding hydrogens is 280 g/mol. The number of nitrogens with one attached hydrogen (secondary N) is 1. The lowest BCUT2D eigenvalue weighted by Crippen LogP contribution is -2.47. The van der Waals surface area contributed by atoms with Gasteiger partial charge in [0.25, 0.3) is 5.91 Å². The highest BCUT2D eigenvalue weighted by Crippen LogP contribution is 2.15. The minimum absolute atomic E-state index is 0.0250. The van der Waals surface area contributed by atoms with Crippen molar-refractivity contribution in [1.82, 2.24) is 9.62 Å². The molecule has 1 fully saturated rings. The third-order valence-electron chi connectivity index (χ3n) is 3.31. The SMILES string of the molecule is CNS(=O)(=O)c1ccc(C(=O)N2CCOC[C@@H]2C)cc1. The molecule has 1 N–H and O–H groups in total. The zero-order valence-corrected chi connectivity index (χ0v) is 12.3. The Bertz CT molecular complexity index is 583. The second-order valence-corrected chi connectivity index (χ2v) is 6.54. The van der Waals surface area contributed by atoms with Gasteiger partial charge in [0.2, 0.25) is 10.0 Å². The summed E-state index contributed by atoms with van der Waals surface area (Å²) in [7, 11) is -2.12. The first-order chi connectivity index (χ1) is 9.45. The summed E-state index contributed by atoms with van der Waals surface area (Å²) in [5.41, 5.74) is 0.480. The van der Waals surface area contributed by atoms with Gasteiger partial charge in [-0.05, 0) is 38.2 Å². The van der Waals surface area contributed by atoms with Gasteiger partial charge in [0, 0.05) is 12.1 Å². The Morgan fingerprint density at radius 2 is 2.00 bits per heavy atom. The van der Waals surface area contributed by atoms with Crippen molar-refractivity contribution in [3.8, 4) is 0 Å². The van der Waals surface area contributed by atoms with Gasteiger partial charge in [0.05, 0.1) is 24.2 Å². The number of sulfonamides is 1. The number of carbonyl (C=O) groups excluding carboxylic acids is 1. The molecule has 0 aromatic heterocycles. The summed E-state index contributed by atoms with van der Waals surface area (Å²) in [5, 5.41) is 0. The van der Waals surface area contributed by atoms with Crippen molar-refractivity contribution in [2.45, 2.75) is 17.9 Å². The molecule has 0 saturated carbocycles. The maximum Gasteiger partial charge on any atom is 0.254 e. The van der Waals surface area contributed by atoms with Crippen LogP contribution in [0.15, 0.2) is 29.2 Å². The van der Waals surface area contributed by atoms with Crippen LogP contribution in [0.3, 0.4) is 0 Å². The van der Waals surface area contributed by atoms with Crippen LogP contribution >= 0.6 is 0 Å². The molecule has 1 aliphatic rings. The van der Waals surface area contributed by atoms with E-state index < -0.39 is 10.0 Å². The van der Waals surface area contributed by atoms with E-state index in [0.717, 1.165) is 0 Å². The van der Waals surface area contributed by atoms with Crippen molar-refractivity contribution < 1.29 is 17.9 Å². The van der Waals surface area contributed by atoms with Gasteiger partial charge in [-0.3, -0.25) is 4.79 Å². The molecular formula is C13H18N2O4S. The fraction of sp³-hybridized carbons (Fsp3) is 0.462. The summed E-state index contributed by atoms with van der Waals surface area (Å²) in [5.74, 6) is -0.103. The molecule has 1 saturated heterocycles. The number of nitrogens with zero attached hydrogens (tertiary/aromatic N) is 1. The molecule has 0 spiro atoms. The van der Waals surface area contributed by atoms with E-state index in [4.69, 9.17) is 4.74 Å². The third-order valence-corrected chi connectivity index (χ3v) is 4.74. The number of carbonyl (C=O) groups is 1. The van der Waals surface area contributed by atoms with Crippen LogP contribution < -0.4 is 4.72 Å². The number of morpholine rings is 1. The number of benzene rings is 1. The Kier molecular flexibility index (Phi) is 4.42. The lowest BCUT2D eigenvalue weighted by Gasteiger charge is -2.33. The largest absolute Gasteiger partial charge is 0.377 e. The van der Waals surface area contributed by atoms with E-state index in [-0.39, 0.29) is 16.8 Å². The van der Waals surface area contributed by atoms with Gasteiger partial charge in [-0.1, -0.05) is 0 Å². The fourth-order valence-electron chi connectivity index (χ4n) is 2.09. The van der Waals surface area contributed by atoms with Gasteiger partial charge in [-0.2, -0.15) is 0 Å². The average molecular weight is 298 g/mol. The van der Waals surface area contributed by atoms with Crippen LogP contribution in [-0.4, -0.2) is 52.1 Å². The summed E-state index contributed by atoms with van der Waals surface area (Å²) in [6.07, 6.45) is 0. The van der Waals surface area contributed by atoms with E-state index in [1.807, 2.05) is 6.92 Å². The van der Waals surface area contributed by atoms with Crippen molar-refractivity contribution >= 4 is 15.9 Å². The number of rotatable bonds is 3. The fourth-order valence-corrected chi connectivity index (χ4v) is 2.82. The first kappa shape index (κ1) is 15.0. The molecule has 1 aliphatic heterocycles. The highest BCUT2D eigenvalue weighted by molar-refractivity contribution is 7.89. The number of hydrogen-bond acceptors (Lipinski definition) is 4. The van der Waals surface area contributed by atoms with Gasteiger partial charge in [0.1, 0.15) is 0 Å². The maximum absolute atomic E-state index is 12.3. The van der Waals surface area contributed by atoms with Gasteiger partial charge in [-0.15, -0.1) is 0 Å². The molecule has 6 nitrogen and oxygen atoms in total. The molecule has 1 aromatic rings. The quantitative estimate of drug-likeness (QED) is 0.879. The summed E-state index contributed by atoms with van der Waals surface area (Å²) in [6.45, 7) is 3.54. The lowest BCUT2D eigenvalue weighted by atomic mass is 10.1. The molecule has 20 heavy (non-hydrogen) atoms. The van der Waals surface area contributed by atoms with Crippen LogP contribution in [-0.2, 0) is 14.8 Å². The van der Waals surface area contributed by atoms with Crippen molar-refractivity contribution in [2.75, 3.05) is 26.8 Å². The molecule has 2 rings (SSSR count). The Labute approximate surface area is 118 Å². The molecule has 0 unspecified atom stereocenters. The van der Waals surface area contributed by atoms with Crippen molar-refractivity contribution in [2.24, 2.45) is 0 Å². The Morgan fingerprint density at radius 1 is 1.35 bits per heavy atom. The first-order valence-electron chi connectivity index (χ1n) is 6.38. The van der Waals surface area contributed by atoms with Gasteiger partial charge >= 0.3 is 0 Å². The highest BCUT2D eigenvalue weighted by atomic mass is 32.2. The maximum atomic E-state index is 12.3. The standard InChI is InChI=1S/C13H18N2O4S/c1-10-9-19-8-7-15(10)13(16)11-3-5-12(6-4-11)20(17,18)14-2/h3-6,10,14H,7-9H2,1-2H3/t10-/m0/s1. The number of amides is 1. The minimum Gasteiger partial charge on any atom is -0.377 e. The predicted octanol–water partition coefficient (Wildman–Crippen LogP) is 0.456. The normalized spacial score (nSPS) is 19.9. The van der Waals surface area contributed by atoms with E-state index in [1.54, 1.807) is 4.90 Å². The monoisotopic (exact) mass is 298 g/mol. The van der Waals surface area contributed by atoms with Gasteiger partial charge in [0.15, 0.2) is 0 Å². The zero-order valence-electron chi connectivity index (χ0n) is 11.5. The molecule has 0 aliphatic carbocycles. The smallest absolute Gasteiger partial charge is 0.254 e. The van der Waals surface area contributed by atoms with Crippen LogP contribution in [0.25, 0.3) is 0 Å². The molecule has 0 bridgehead atoms. The Balaban J connectivity index is 2.19. The second-order valence-electron chi connectivity index (χ2n) is 4.65. The molecule has 0 radical (unpaired) electrons. The summed E-state index contributed by atoms with van der Waals surface area (Å²) >= 11 is 0. The van der Waals surface area contributed by atoms with Gasteiger partial charge in [-0.25, -0.2) is 13.1 Å². The average Bonchev–Trinajstić information content (AvgIpc) is 2.47. The van der Waals surface area contributed by atoms with Crippen molar-refractivity contribution in [3.63, 3.8) is 0 Å². The predicted molar refractivity (Wildman–Crippen MR) is 74.0 cm³/mol. The topological polar surface area (TPSA) is 75.7 Å². The summed E-state index contributed by atoms with van der Waals surface area (Å²) in [6, 6.07) is 5.97. The summed E-state index contributed by atoms with van der Waals surface area (Å²) < 4.78 is 30.8. The first-order valence-corrected chi connectivity index (χ1v) is 7.86. The molecule has 110 valence electrons. The molecule has 1 heterocycles. The minimum atomic E-state index is -3.47. The lowest BCUT2D eigenvalue weighted by molar-refractivity contribution is 0.00359. The van der Waals surface area contributed by atoms with Crippen LogP contribution in [0.2, 0.25) is 0 Å². The number of hydrogen-bond donors (Lipinski definition) is 1. The van der Waals surface area contributed by atoms with E-state index >= 15 is 0 Å². The molecule has 7 heteroatoms. The van der Waals surface area contributed by atoms with Crippen LogP contribution in [0, 0.1) is 0 Å². The van der Waals surface area contributed by atoms with E-state index in [9.17, 15) is 13.2 Å². The highest BCUT2D eigenvalue weighted by Gasteiger charge is 2.25. The van der Waals surface area contributed by atoms with Gasteiger partial charge < -0.3 is 9.64 Å². The molecule has 1 atom stereocenters.